The van der Waals surface area contributed by atoms with Gasteiger partial charge in [-0.05, 0) is 13.3 Å². The lowest BCUT2D eigenvalue weighted by Gasteiger charge is -2.10. The SMILES string of the molecule is CNC(=O)[C@@H](C)Sc1nnc([C@@H]2CCS(=O)(=O)C2)n1C. The van der Waals surface area contributed by atoms with Crippen LogP contribution in [0.5, 0.6) is 0 Å². The molecule has 9 heteroatoms. The number of sulfone groups is 1. The van der Waals surface area contributed by atoms with Gasteiger partial charge in [0, 0.05) is 20.0 Å². The number of rotatable bonds is 4. The minimum Gasteiger partial charge on any atom is -0.358 e. The maximum absolute atomic E-state index is 11.5. The first-order chi connectivity index (χ1) is 9.34. The zero-order chi connectivity index (χ0) is 14.9. The summed E-state index contributed by atoms with van der Waals surface area (Å²) in [5.41, 5.74) is 0. The highest BCUT2D eigenvalue weighted by atomic mass is 32.2. The van der Waals surface area contributed by atoms with Gasteiger partial charge in [-0.2, -0.15) is 0 Å². The van der Waals surface area contributed by atoms with Crippen LogP contribution in [0, 0.1) is 0 Å². The van der Waals surface area contributed by atoms with Crippen LogP contribution in [-0.4, -0.2) is 52.9 Å². The largest absolute Gasteiger partial charge is 0.358 e. The summed E-state index contributed by atoms with van der Waals surface area (Å²) in [5, 5.41) is 11.1. The number of hydrogen-bond acceptors (Lipinski definition) is 6. The molecule has 1 aromatic heterocycles. The number of nitrogens with one attached hydrogen (secondary N) is 1. The number of hydrogen-bond donors (Lipinski definition) is 1. The maximum Gasteiger partial charge on any atom is 0.233 e. The molecule has 0 aromatic carbocycles. The molecule has 2 rings (SSSR count). The van der Waals surface area contributed by atoms with Gasteiger partial charge in [-0.15, -0.1) is 10.2 Å². The highest BCUT2D eigenvalue weighted by Gasteiger charge is 2.32. The highest BCUT2D eigenvalue weighted by molar-refractivity contribution is 8.00. The van der Waals surface area contributed by atoms with Gasteiger partial charge in [0.15, 0.2) is 15.0 Å². The van der Waals surface area contributed by atoms with Crippen molar-refractivity contribution in [1.82, 2.24) is 20.1 Å². The van der Waals surface area contributed by atoms with Gasteiger partial charge in [-0.1, -0.05) is 11.8 Å². The summed E-state index contributed by atoms with van der Waals surface area (Å²) >= 11 is 1.31. The minimum atomic E-state index is -2.94. The Hall–Kier alpha value is -1.09. The highest BCUT2D eigenvalue weighted by Crippen LogP contribution is 2.30. The van der Waals surface area contributed by atoms with E-state index in [0.29, 0.717) is 17.4 Å². The third-order valence-corrected chi connectivity index (χ3v) is 6.27. The summed E-state index contributed by atoms with van der Waals surface area (Å²) in [5.74, 6) is 0.846. The van der Waals surface area contributed by atoms with Crippen molar-refractivity contribution in [3.8, 4) is 0 Å². The molecule has 7 nitrogen and oxygen atoms in total. The fourth-order valence-corrected chi connectivity index (χ4v) is 4.82. The second-order valence-corrected chi connectivity index (χ2v) is 8.41. The average molecular weight is 318 g/mol. The lowest BCUT2D eigenvalue weighted by Crippen LogP contribution is -2.27. The summed E-state index contributed by atoms with van der Waals surface area (Å²) in [6, 6.07) is 0. The fourth-order valence-electron chi connectivity index (χ4n) is 2.20. The standard InChI is InChI=1S/C11H18N4O3S2/c1-7(10(16)12-2)19-11-14-13-9(15(11)3)8-4-5-20(17,18)6-8/h7-8H,4-6H2,1-3H3,(H,12,16)/t7-,8-/m1/s1. The second kappa shape index (κ2) is 5.72. The molecule has 1 aromatic rings. The Balaban J connectivity index is 2.14. The van der Waals surface area contributed by atoms with Crippen LogP contribution in [-0.2, 0) is 21.7 Å². The fraction of sp³-hybridized carbons (Fsp3) is 0.727. The van der Waals surface area contributed by atoms with Gasteiger partial charge in [-0.3, -0.25) is 4.79 Å². The molecule has 2 heterocycles. The molecular weight excluding hydrogens is 300 g/mol. The number of aromatic nitrogens is 3. The Morgan fingerprint density at radius 3 is 2.75 bits per heavy atom. The molecule has 0 spiro atoms. The molecule has 0 radical (unpaired) electrons. The van der Waals surface area contributed by atoms with Gasteiger partial charge in [0.2, 0.25) is 5.91 Å². The van der Waals surface area contributed by atoms with Crippen LogP contribution in [0.15, 0.2) is 5.16 Å². The zero-order valence-electron chi connectivity index (χ0n) is 11.7. The van der Waals surface area contributed by atoms with Crippen molar-refractivity contribution in [1.29, 1.82) is 0 Å². The Labute approximate surface area is 122 Å². The van der Waals surface area contributed by atoms with Gasteiger partial charge in [0.25, 0.3) is 0 Å². The molecule has 1 saturated heterocycles. The monoisotopic (exact) mass is 318 g/mol. The zero-order valence-corrected chi connectivity index (χ0v) is 13.3. The number of amides is 1. The van der Waals surface area contributed by atoms with E-state index in [1.54, 1.807) is 25.6 Å². The number of thioether (sulfide) groups is 1. The van der Waals surface area contributed by atoms with Crippen molar-refractivity contribution in [2.45, 2.75) is 29.7 Å². The summed E-state index contributed by atoms with van der Waals surface area (Å²) in [7, 11) is 0.449. The topological polar surface area (TPSA) is 94.0 Å². The predicted octanol–water partition coefficient (Wildman–Crippen LogP) is -0.0562. The first-order valence-electron chi connectivity index (χ1n) is 6.32. The van der Waals surface area contributed by atoms with E-state index in [9.17, 15) is 13.2 Å². The quantitative estimate of drug-likeness (QED) is 0.782. The molecule has 112 valence electrons. The second-order valence-electron chi connectivity index (χ2n) is 4.87. The first kappa shape index (κ1) is 15.3. The Morgan fingerprint density at radius 2 is 2.20 bits per heavy atom. The van der Waals surface area contributed by atoms with Crippen LogP contribution in [0.25, 0.3) is 0 Å². The Kier molecular flexibility index (Phi) is 4.38. The van der Waals surface area contributed by atoms with Crippen LogP contribution >= 0.6 is 11.8 Å². The van der Waals surface area contributed by atoms with E-state index in [2.05, 4.69) is 15.5 Å². The first-order valence-corrected chi connectivity index (χ1v) is 9.02. The molecule has 0 saturated carbocycles. The van der Waals surface area contributed by atoms with Crippen LogP contribution < -0.4 is 5.32 Å². The van der Waals surface area contributed by atoms with E-state index in [-0.39, 0.29) is 28.6 Å². The van der Waals surface area contributed by atoms with Crippen molar-refractivity contribution in [3.05, 3.63) is 5.82 Å². The van der Waals surface area contributed by atoms with E-state index < -0.39 is 9.84 Å². The summed E-state index contributed by atoms with van der Waals surface area (Å²) in [6.45, 7) is 1.79. The molecule has 1 fully saturated rings. The van der Waals surface area contributed by atoms with Gasteiger partial charge < -0.3 is 9.88 Å². The summed E-state index contributed by atoms with van der Waals surface area (Å²) in [4.78, 5) is 11.5. The Bertz CT molecular complexity index is 611. The van der Waals surface area contributed by atoms with E-state index in [0.717, 1.165) is 0 Å². The molecule has 20 heavy (non-hydrogen) atoms. The third kappa shape index (κ3) is 3.14. The molecular formula is C11H18N4O3S2. The number of nitrogens with zero attached hydrogens (tertiary/aromatic N) is 3. The van der Waals surface area contributed by atoms with Gasteiger partial charge in [0.05, 0.1) is 16.8 Å². The van der Waals surface area contributed by atoms with E-state index in [4.69, 9.17) is 0 Å². The van der Waals surface area contributed by atoms with E-state index >= 15 is 0 Å². The molecule has 0 aliphatic carbocycles. The molecule has 0 bridgehead atoms. The lowest BCUT2D eigenvalue weighted by molar-refractivity contribution is -0.119. The third-order valence-electron chi connectivity index (χ3n) is 3.36. The van der Waals surface area contributed by atoms with Crippen molar-refractivity contribution < 1.29 is 13.2 Å². The molecule has 0 unspecified atom stereocenters. The van der Waals surface area contributed by atoms with Crippen molar-refractivity contribution in [2.75, 3.05) is 18.6 Å². The van der Waals surface area contributed by atoms with Crippen LogP contribution in [0.4, 0.5) is 0 Å². The van der Waals surface area contributed by atoms with Gasteiger partial charge >= 0.3 is 0 Å². The van der Waals surface area contributed by atoms with E-state index in [1.165, 1.54) is 11.8 Å². The number of carbonyl (C=O) groups excluding carboxylic acids is 1. The summed E-state index contributed by atoms with van der Waals surface area (Å²) in [6.07, 6.45) is 0.587. The number of carbonyl (C=O) groups is 1. The van der Waals surface area contributed by atoms with Crippen molar-refractivity contribution >= 4 is 27.5 Å². The smallest absolute Gasteiger partial charge is 0.233 e. The van der Waals surface area contributed by atoms with E-state index in [1.807, 2.05) is 0 Å². The maximum atomic E-state index is 11.5. The van der Waals surface area contributed by atoms with Crippen molar-refractivity contribution in [2.24, 2.45) is 7.05 Å². The average Bonchev–Trinajstić information content (AvgIpc) is 2.92. The predicted molar refractivity (Wildman–Crippen MR) is 76.4 cm³/mol. The van der Waals surface area contributed by atoms with Gasteiger partial charge in [0.1, 0.15) is 5.82 Å². The molecule has 1 amide bonds. The minimum absolute atomic E-state index is 0.0806. The molecule has 1 aliphatic rings. The molecule has 2 atom stereocenters. The molecule has 1 N–H and O–H groups in total. The van der Waals surface area contributed by atoms with Crippen LogP contribution in [0.3, 0.4) is 0 Å². The Morgan fingerprint density at radius 1 is 1.50 bits per heavy atom. The van der Waals surface area contributed by atoms with Gasteiger partial charge in [-0.25, -0.2) is 8.42 Å². The van der Waals surface area contributed by atoms with Crippen molar-refractivity contribution in [3.63, 3.8) is 0 Å². The molecule has 1 aliphatic heterocycles. The van der Waals surface area contributed by atoms with Crippen LogP contribution in [0.1, 0.15) is 25.1 Å². The summed E-state index contributed by atoms with van der Waals surface area (Å²) < 4.78 is 24.8. The normalized spacial score (nSPS) is 22.6. The van der Waals surface area contributed by atoms with Crippen LogP contribution in [0.2, 0.25) is 0 Å². The lowest BCUT2D eigenvalue weighted by atomic mass is 10.1.